The van der Waals surface area contributed by atoms with Gasteiger partial charge in [0.1, 0.15) is 0 Å². The number of ether oxygens (including phenoxy) is 1. The lowest BCUT2D eigenvalue weighted by molar-refractivity contribution is 0.0600. The minimum Gasteiger partial charge on any atom is -0.465 e. The molecule has 0 saturated heterocycles. The molecule has 0 bridgehead atoms. The maximum atomic E-state index is 11.7. The molecule has 3 nitrogen and oxygen atoms in total. The molecule has 1 aromatic rings. The Balaban J connectivity index is 2.12. The number of hydrogen-bond donors (Lipinski definition) is 1. The number of methoxy groups -OCH3 is 1. The summed E-state index contributed by atoms with van der Waals surface area (Å²) in [5, 5.41) is 3.61. The summed E-state index contributed by atoms with van der Waals surface area (Å²) < 4.78 is 4.83. The van der Waals surface area contributed by atoms with Crippen LogP contribution in [0.25, 0.3) is 0 Å². The van der Waals surface area contributed by atoms with Gasteiger partial charge in [-0.3, -0.25) is 0 Å². The van der Waals surface area contributed by atoms with Crippen molar-refractivity contribution in [2.45, 2.75) is 46.1 Å². The highest BCUT2D eigenvalue weighted by Gasteiger charge is 2.25. The largest absolute Gasteiger partial charge is 0.465 e. The van der Waals surface area contributed by atoms with E-state index < -0.39 is 0 Å². The average molecular weight is 275 g/mol. The SMILES string of the molecule is COC(=O)c1cccc(NC2CCC(C)C(C)C2)c1C. The highest BCUT2D eigenvalue weighted by atomic mass is 16.5. The Labute approximate surface area is 121 Å². The van der Waals surface area contributed by atoms with Crippen LogP contribution in [0.5, 0.6) is 0 Å². The van der Waals surface area contributed by atoms with Gasteiger partial charge in [-0.05, 0) is 55.7 Å². The van der Waals surface area contributed by atoms with Crippen LogP contribution < -0.4 is 5.32 Å². The Morgan fingerprint density at radius 2 is 2.00 bits per heavy atom. The molecular weight excluding hydrogens is 250 g/mol. The van der Waals surface area contributed by atoms with E-state index in [1.807, 2.05) is 25.1 Å². The third-order valence-corrected chi connectivity index (χ3v) is 4.70. The molecule has 0 radical (unpaired) electrons. The lowest BCUT2D eigenvalue weighted by Crippen LogP contribution is -2.30. The first-order valence-corrected chi connectivity index (χ1v) is 7.47. The second kappa shape index (κ2) is 6.29. The Morgan fingerprint density at radius 3 is 2.65 bits per heavy atom. The molecule has 0 spiro atoms. The van der Waals surface area contributed by atoms with Gasteiger partial charge in [-0.15, -0.1) is 0 Å². The number of carbonyl (C=O) groups excluding carboxylic acids is 1. The van der Waals surface area contributed by atoms with E-state index in [0.29, 0.717) is 11.6 Å². The molecule has 0 aliphatic heterocycles. The van der Waals surface area contributed by atoms with Crippen molar-refractivity contribution in [2.75, 3.05) is 12.4 Å². The van der Waals surface area contributed by atoms with Crippen LogP contribution in [0.4, 0.5) is 5.69 Å². The first-order chi connectivity index (χ1) is 9.52. The van der Waals surface area contributed by atoms with Gasteiger partial charge < -0.3 is 10.1 Å². The first-order valence-electron chi connectivity index (χ1n) is 7.47. The van der Waals surface area contributed by atoms with E-state index in [9.17, 15) is 4.79 Å². The van der Waals surface area contributed by atoms with Gasteiger partial charge in [0.15, 0.2) is 0 Å². The second-order valence-corrected chi connectivity index (χ2v) is 6.08. The third kappa shape index (κ3) is 3.14. The minimum atomic E-state index is -0.267. The molecule has 0 aromatic heterocycles. The van der Waals surface area contributed by atoms with Crippen LogP contribution in [0.2, 0.25) is 0 Å². The zero-order chi connectivity index (χ0) is 14.7. The molecule has 20 heavy (non-hydrogen) atoms. The minimum absolute atomic E-state index is 0.267. The summed E-state index contributed by atoms with van der Waals surface area (Å²) in [5.41, 5.74) is 2.68. The monoisotopic (exact) mass is 275 g/mol. The van der Waals surface area contributed by atoms with Gasteiger partial charge in [-0.2, -0.15) is 0 Å². The smallest absolute Gasteiger partial charge is 0.338 e. The quantitative estimate of drug-likeness (QED) is 0.847. The summed E-state index contributed by atoms with van der Waals surface area (Å²) in [6, 6.07) is 6.28. The molecule has 3 heteroatoms. The summed E-state index contributed by atoms with van der Waals surface area (Å²) in [6.07, 6.45) is 3.67. The predicted octanol–water partition coefficient (Wildman–Crippen LogP) is 4.02. The number of esters is 1. The molecular formula is C17H25NO2. The standard InChI is InChI=1S/C17H25NO2/c1-11-8-9-14(10-12(11)2)18-16-7-5-6-15(13(16)3)17(19)20-4/h5-7,11-12,14,18H,8-10H2,1-4H3. The number of carbonyl (C=O) groups is 1. The fraction of sp³-hybridized carbons (Fsp3) is 0.588. The molecule has 3 atom stereocenters. The van der Waals surface area contributed by atoms with Gasteiger partial charge in [0.05, 0.1) is 12.7 Å². The van der Waals surface area contributed by atoms with Crippen LogP contribution in [0.3, 0.4) is 0 Å². The Morgan fingerprint density at radius 1 is 1.25 bits per heavy atom. The van der Waals surface area contributed by atoms with E-state index in [1.54, 1.807) is 0 Å². The van der Waals surface area contributed by atoms with E-state index in [0.717, 1.165) is 23.1 Å². The summed E-state index contributed by atoms with van der Waals surface area (Å²) in [4.78, 5) is 11.7. The maximum absolute atomic E-state index is 11.7. The molecule has 2 rings (SSSR count). The van der Waals surface area contributed by atoms with Gasteiger partial charge in [0.25, 0.3) is 0 Å². The van der Waals surface area contributed by atoms with Gasteiger partial charge in [-0.1, -0.05) is 19.9 Å². The van der Waals surface area contributed by atoms with Crippen molar-refractivity contribution in [3.8, 4) is 0 Å². The van der Waals surface area contributed by atoms with E-state index >= 15 is 0 Å². The Hall–Kier alpha value is -1.51. The van der Waals surface area contributed by atoms with Crippen LogP contribution >= 0.6 is 0 Å². The van der Waals surface area contributed by atoms with E-state index in [-0.39, 0.29) is 5.97 Å². The number of hydrogen-bond acceptors (Lipinski definition) is 3. The molecule has 1 aliphatic rings. The van der Waals surface area contributed by atoms with Crippen molar-refractivity contribution in [2.24, 2.45) is 11.8 Å². The molecule has 110 valence electrons. The van der Waals surface area contributed by atoms with Gasteiger partial charge in [0.2, 0.25) is 0 Å². The molecule has 3 unspecified atom stereocenters. The lowest BCUT2D eigenvalue weighted by Gasteiger charge is -2.33. The number of benzene rings is 1. The van der Waals surface area contributed by atoms with Gasteiger partial charge in [-0.25, -0.2) is 4.79 Å². The van der Waals surface area contributed by atoms with Gasteiger partial charge in [0, 0.05) is 11.7 Å². The van der Waals surface area contributed by atoms with Crippen molar-refractivity contribution in [3.63, 3.8) is 0 Å². The van der Waals surface area contributed by atoms with Crippen molar-refractivity contribution in [3.05, 3.63) is 29.3 Å². The number of anilines is 1. The number of nitrogens with one attached hydrogen (secondary N) is 1. The lowest BCUT2D eigenvalue weighted by atomic mass is 9.79. The third-order valence-electron chi connectivity index (χ3n) is 4.70. The molecule has 1 aromatic carbocycles. The maximum Gasteiger partial charge on any atom is 0.338 e. The summed E-state index contributed by atoms with van der Waals surface area (Å²) >= 11 is 0. The number of rotatable bonds is 3. The molecule has 0 heterocycles. The summed E-state index contributed by atoms with van der Waals surface area (Å²) in [6.45, 7) is 6.64. The van der Waals surface area contributed by atoms with Crippen LogP contribution in [-0.2, 0) is 4.74 Å². The van der Waals surface area contributed by atoms with E-state index in [2.05, 4.69) is 19.2 Å². The van der Waals surface area contributed by atoms with Crippen molar-refractivity contribution in [1.29, 1.82) is 0 Å². The normalized spacial score (nSPS) is 26.1. The Bertz CT molecular complexity index is 484. The van der Waals surface area contributed by atoms with Crippen LogP contribution in [0.15, 0.2) is 18.2 Å². The van der Waals surface area contributed by atoms with Crippen LogP contribution in [-0.4, -0.2) is 19.1 Å². The van der Waals surface area contributed by atoms with Crippen molar-refractivity contribution in [1.82, 2.24) is 0 Å². The van der Waals surface area contributed by atoms with Gasteiger partial charge >= 0.3 is 5.97 Å². The van der Waals surface area contributed by atoms with Crippen LogP contribution in [0, 0.1) is 18.8 Å². The molecule has 1 saturated carbocycles. The molecule has 1 aliphatic carbocycles. The highest BCUT2D eigenvalue weighted by molar-refractivity contribution is 5.92. The molecule has 1 N–H and O–H groups in total. The zero-order valence-electron chi connectivity index (χ0n) is 12.9. The fourth-order valence-electron chi connectivity index (χ4n) is 3.02. The molecule has 0 amide bonds. The highest BCUT2D eigenvalue weighted by Crippen LogP contribution is 2.32. The second-order valence-electron chi connectivity index (χ2n) is 6.08. The predicted molar refractivity (Wildman–Crippen MR) is 82.1 cm³/mol. The Kier molecular flexibility index (Phi) is 4.69. The van der Waals surface area contributed by atoms with E-state index in [1.165, 1.54) is 26.4 Å². The van der Waals surface area contributed by atoms with E-state index in [4.69, 9.17) is 4.74 Å². The van der Waals surface area contributed by atoms with Crippen molar-refractivity contribution < 1.29 is 9.53 Å². The zero-order valence-corrected chi connectivity index (χ0v) is 12.9. The molecule has 1 fully saturated rings. The first kappa shape index (κ1) is 14.9. The topological polar surface area (TPSA) is 38.3 Å². The fourth-order valence-corrected chi connectivity index (χ4v) is 3.02. The van der Waals surface area contributed by atoms with Crippen LogP contribution in [0.1, 0.15) is 49.0 Å². The summed E-state index contributed by atoms with van der Waals surface area (Å²) in [7, 11) is 1.42. The van der Waals surface area contributed by atoms with Crippen molar-refractivity contribution >= 4 is 11.7 Å². The summed E-state index contributed by atoms with van der Waals surface area (Å²) in [5.74, 6) is 1.30. The average Bonchev–Trinajstić information content (AvgIpc) is 2.44.